The van der Waals surface area contributed by atoms with Crippen molar-refractivity contribution in [2.75, 3.05) is 14.2 Å². The Hall–Kier alpha value is -2.06. The molecule has 10 rings (SSSR count). The molecule has 6 nitrogen and oxygen atoms in total. The normalized spacial score (nSPS) is 42.1. The van der Waals surface area contributed by atoms with Crippen LogP contribution in [0.25, 0.3) is 0 Å². The Kier molecular flexibility index (Phi) is 16.5. The fraction of sp³-hybridized carbons (Fsp3) is 0.759. The highest BCUT2D eigenvalue weighted by molar-refractivity contribution is 9.10. The summed E-state index contributed by atoms with van der Waals surface area (Å²) in [4.78, 5) is 31.6. The van der Waals surface area contributed by atoms with Crippen molar-refractivity contribution in [1.82, 2.24) is 5.06 Å². The summed E-state index contributed by atoms with van der Waals surface area (Å²) in [6.45, 7) is 13.1. The van der Waals surface area contributed by atoms with Gasteiger partial charge in [0.25, 0.3) is 0 Å². The van der Waals surface area contributed by atoms with Gasteiger partial charge in [0.15, 0.2) is 5.78 Å². The van der Waals surface area contributed by atoms with Crippen LogP contribution >= 0.6 is 15.9 Å². The number of aliphatic hydroxyl groups is 2. The minimum Gasteiger partial charge on any atom is -0.390 e. The zero-order valence-electron chi connectivity index (χ0n) is 40.2. The van der Waals surface area contributed by atoms with E-state index in [1.54, 1.807) is 14.2 Å². The number of Topliss-reactive ketones (excluding diaryl/α,β-unsaturated/α-hetero) is 1. The number of nitrogens with zero attached hydrogens (tertiary/aromatic N) is 1. The summed E-state index contributed by atoms with van der Waals surface area (Å²) < 4.78 is 1.18. The molecule has 0 radical (unpaired) electrons. The molecule has 8 aliphatic rings. The van der Waals surface area contributed by atoms with Crippen LogP contribution < -0.4 is 0 Å². The van der Waals surface area contributed by atoms with Gasteiger partial charge in [0.2, 0.25) is 5.91 Å². The number of carbonyl (C=O) groups is 2. The van der Waals surface area contributed by atoms with Crippen LogP contribution in [0.4, 0.5) is 0 Å². The Morgan fingerprint density at radius 2 is 1.03 bits per heavy atom. The van der Waals surface area contributed by atoms with Gasteiger partial charge in [-0.1, -0.05) is 87.1 Å². The molecule has 0 unspecified atom stereocenters. The number of hydroxylamine groups is 2. The summed E-state index contributed by atoms with van der Waals surface area (Å²) in [5.74, 6) is 8.72. The first-order valence-electron chi connectivity index (χ1n) is 25.4. The molecule has 7 heteroatoms. The van der Waals surface area contributed by atoms with Gasteiger partial charge in [-0.05, 0) is 230 Å². The van der Waals surface area contributed by atoms with Crippen molar-refractivity contribution >= 4 is 27.6 Å². The van der Waals surface area contributed by atoms with E-state index >= 15 is 0 Å². The van der Waals surface area contributed by atoms with E-state index in [1.807, 2.05) is 50.2 Å². The van der Waals surface area contributed by atoms with Crippen molar-refractivity contribution in [3.8, 4) is 0 Å². The van der Waals surface area contributed by atoms with E-state index in [4.69, 9.17) is 4.84 Å². The molecule has 0 aliphatic heterocycles. The molecule has 1 amide bonds. The number of aryl methyl sites for hydroxylation is 2. The fourth-order valence-electron chi connectivity index (χ4n) is 16.9. The maximum absolute atomic E-state index is 13.6. The number of halogens is 1. The third kappa shape index (κ3) is 10.2. The monoisotopic (exact) mass is 960 g/mol. The summed E-state index contributed by atoms with van der Waals surface area (Å²) in [5.41, 5.74) is 2.84. The number of hydrogen-bond acceptors (Lipinski definition) is 5. The number of rotatable bonds is 4. The lowest BCUT2D eigenvalue weighted by molar-refractivity contribution is -0.180. The molecule has 2 aromatic rings. The Balaban J connectivity index is 0.000000180. The Bertz CT molecular complexity index is 1920. The average molecular weight is 961 g/mol. The molecule has 2 N–H and O–H groups in total. The van der Waals surface area contributed by atoms with E-state index in [1.165, 1.54) is 92.1 Å². The van der Waals surface area contributed by atoms with Gasteiger partial charge in [-0.25, -0.2) is 5.06 Å². The predicted octanol–water partition coefficient (Wildman–Crippen LogP) is 14.3. The smallest absolute Gasteiger partial charge is 0.249 e. The number of carbonyl (C=O) groups excluding carboxylic acids is 2. The lowest BCUT2D eigenvalue weighted by Gasteiger charge is -2.56. The summed E-state index contributed by atoms with van der Waals surface area (Å²) >= 11 is 3.40. The lowest BCUT2D eigenvalue weighted by atomic mass is 9.49. The molecule has 8 aliphatic carbocycles. The number of fused-ring (bicyclic) bond motifs is 10. The lowest BCUT2D eigenvalue weighted by Crippen LogP contribution is -2.51. The van der Waals surface area contributed by atoms with Crippen molar-refractivity contribution in [2.45, 2.75) is 183 Å². The highest BCUT2D eigenvalue weighted by Crippen LogP contribution is 2.66. The number of ketones is 1. The molecule has 8 saturated carbocycles. The van der Waals surface area contributed by atoms with E-state index < -0.39 is 11.2 Å². The number of amides is 1. The maximum atomic E-state index is 13.6. The van der Waals surface area contributed by atoms with Gasteiger partial charge in [0.1, 0.15) is 0 Å². The fourth-order valence-corrected chi connectivity index (χ4v) is 17.2. The molecule has 2 aromatic carbocycles. The van der Waals surface area contributed by atoms with E-state index in [0.717, 1.165) is 103 Å². The molecule has 0 saturated heterocycles. The molecular formula is C58H90BrNO5. The minimum absolute atomic E-state index is 0. The first kappa shape index (κ1) is 52.3. The highest BCUT2D eigenvalue weighted by atomic mass is 79.9. The molecule has 0 heterocycles. The van der Waals surface area contributed by atoms with Gasteiger partial charge in [0, 0.05) is 28.9 Å². The number of hydrogen-bond donors (Lipinski definition) is 2. The van der Waals surface area contributed by atoms with Gasteiger partial charge in [-0.15, -0.1) is 0 Å². The standard InChI is InChI=1S/C27H38O2.C22H37NO3.C7H7Br.2CH4/c1-17-6-4-5-7-19(17)25(28)24-11-10-23-22-9-8-18-16-26(2,29)14-12-20(18)21(22)13-15-27(23,24)3;1-21(25)11-9-15-14(13-21)5-6-17-16(15)10-12-22(2)18(17)7-8-19(22)20(24)23(3)26-4;1-6-4-2-3-5-7(6)8;;/h4-7,18,20-24,29H,8-16H2,1-3H3;14-19,25H,5-13H2,1-4H3;2-5H,1H3;2*1H4/t18-,20+,21-,22-,23+,24-,26-,27+;14-,15+,16-,17-,18+,19-,21-,22+;;;/m11.../s1. The van der Waals surface area contributed by atoms with Crippen LogP contribution in [0.15, 0.2) is 53.0 Å². The van der Waals surface area contributed by atoms with Crippen molar-refractivity contribution in [3.63, 3.8) is 0 Å². The second-order valence-corrected chi connectivity index (χ2v) is 24.5. The molecule has 16 atom stereocenters. The van der Waals surface area contributed by atoms with E-state index in [0.29, 0.717) is 11.7 Å². The summed E-state index contributed by atoms with van der Waals surface area (Å²) in [6.07, 6.45) is 21.2. The van der Waals surface area contributed by atoms with E-state index in [9.17, 15) is 19.8 Å². The van der Waals surface area contributed by atoms with Crippen molar-refractivity contribution in [1.29, 1.82) is 0 Å². The molecule has 8 fully saturated rings. The first-order valence-corrected chi connectivity index (χ1v) is 26.2. The minimum atomic E-state index is -0.438. The Morgan fingerprint density at radius 3 is 1.49 bits per heavy atom. The van der Waals surface area contributed by atoms with E-state index in [2.05, 4.69) is 55.8 Å². The maximum Gasteiger partial charge on any atom is 0.249 e. The zero-order valence-corrected chi connectivity index (χ0v) is 41.8. The average Bonchev–Trinajstić information content (AvgIpc) is 3.80. The summed E-state index contributed by atoms with van der Waals surface area (Å²) in [6, 6.07) is 16.3. The number of benzene rings is 2. The largest absolute Gasteiger partial charge is 0.390 e. The SMILES string of the molecule is C.C.CON(C)C(=O)[C@H]1CC[C@H]2[C@@H]3CC[C@@H]4C[C@](C)(O)CC[C@@H]4[C@H]3CC[C@]12C.Cc1ccccc1Br.Cc1ccccc1C(=O)[C@H]1CC[C@H]2[C@@H]3CC[C@@H]4C[C@](C)(O)CC[C@@H]4[C@H]3CC[C@]12C. The second-order valence-electron chi connectivity index (χ2n) is 23.6. The van der Waals surface area contributed by atoms with Crippen LogP contribution in [0.1, 0.15) is 180 Å². The molecular weight excluding hydrogens is 871 g/mol. The molecule has 0 bridgehead atoms. The van der Waals surface area contributed by atoms with Gasteiger partial charge < -0.3 is 10.2 Å². The first-order chi connectivity index (χ1) is 29.9. The summed E-state index contributed by atoms with van der Waals surface area (Å²) in [5, 5.41) is 22.6. The van der Waals surface area contributed by atoms with Gasteiger partial charge >= 0.3 is 0 Å². The van der Waals surface area contributed by atoms with Gasteiger partial charge in [-0.3, -0.25) is 14.4 Å². The van der Waals surface area contributed by atoms with Crippen molar-refractivity contribution in [3.05, 3.63) is 69.7 Å². The topological polar surface area (TPSA) is 87.1 Å². The Labute approximate surface area is 404 Å². The van der Waals surface area contributed by atoms with Crippen LogP contribution in [-0.2, 0) is 9.63 Å². The van der Waals surface area contributed by atoms with Gasteiger partial charge in [-0.2, -0.15) is 0 Å². The van der Waals surface area contributed by atoms with Crippen LogP contribution in [0.3, 0.4) is 0 Å². The third-order valence-corrected chi connectivity index (χ3v) is 21.0. The van der Waals surface area contributed by atoms with Gasteiger partial charge in [0.05, 0.1) is 18.3 Å². The van der Waals surface area contributed by atoms with Crippen LogP contribution in [-0.4, -0.2) is 52.3 Å². The third-order valence-electron chi connectivity index (χ3n) is 20.2. The second kappa shape index (κ2) is 20.5. The molecule has 0 spiro atoms. The van der Waals surface area contributed by atoms with Crippen LogP contribution in [0, 0.1) is 95.7 Å². The van der Waals surface area contributed by atoms with Crippen LogP contribution in [0.5, 0.6) is 0 Å². The molecule has 0 aromatic heterocycles. The Morgan fingerprint density at radius 1 is 0.585 bits per heavy atom. The quantitative estimate of drug-likeness (QED) is 0.235. The molecule has 65 heavy (non-hydrogen) atoms. The van der Waals surface area contributed by atoms with Crippen molar-refractivity contribution < 1.29 is 24.6 Å². The summed E-state index contributed by atoms with van der Waals surface area (Å²) in [7, 11) is 3.34. The van der Waals surface area contributed by atoms with Crippen molar-refractivity contribution in [2.24, 2.45) is 81.8 Å². The predicted molar refractivity (Wildman–Crippen MR) is 270 cm³/mol. The van der Waals surface area contributed by atoms with E-state index in [-0.39, 0.29) is 43.4 Å². The van der Waals surface area contributed by atoms with Crippen LogP contribution in [0.2, 0.25) is 0 Å². The zero-order chi connectivity index (χ0) is 45.1. The highest BCUT2D eigenvalue weighted by Gasteiger charge is 2.61. The molecule has 364 valence electrons.